The first-order valence-corrected chi connectivity index (χ1v) is 6.67. The van der Waals surface area contributed by atoms with Crippen molar-refractivity contribution >= 4 is 17.7 Å². The maximum Gasteiger partial charge on any atom is 0.230 e. The topological polar surface area (TPSA) is 75.4 Å². The monoisotopic (exact) mass is 258 g/mol. The molecule has 0 saturated heterocycles. The Hall–Kier alpha value is -1.01. The molecule has 1 heterocycles. The second-order valence-corrected chi connectivity index (χ2v) is 4.71. The van der Waals surface area contributed by atoms with Crippen LogP contribution in [-0.4, -0.2) is 35.1 Å². The minimum Gasteiger partial charge on any atom is -0.396 e. The highest BCUT2D eigenvalue weighted by molar-refractivity contribution is 7.99. The number of hydrogen-bond donors (Lipinski definition) is 2. The molecule has 1 aromatic rings. The van der Waals surface area contributed by atoms with E-state index in [2.05, 4.69) is 10.5 Å². The summed E-state index contributed by atoms with van der Waals surface area (Å²) in [5.41, 5.74) is 1.95. The Morgan fingerprint density at radius 3 is 2.88 bits per heavy atom. The van der Waals surface area contributed by atoms with E-state index in [0.717, 1.165) is 22.8 Å². The summed E-state index contributed by atoms with van der Waals surface area (Å²) in [6, 6.07) is 0. The second-order valence-electron chi connectivity index (χ2n) is 3.72. The summed E-state index contributed by atoms with van der Waals surface area (Å²) in [4.78, 5) is 11.4. The van der Waals surface area contributed by atoms with Crippen molar-refractivity contribution in [3.05, 3.63) is 17.0 Å². The van der Waals surface area contributed by atoms with Gasteiger partial charge in [-0.1, -0.05) is 5.16 Å². The number of aromatic nitrogens is 1. The van der Waals surface area contributed by atoms with E-state index in [1.807, 2.05) is 13.8 Å². The van der Waals surface area contributed by atoms with E-state index in [1.54, 1.807) is 0 Å². The molecule has 0 saturated carbocycles. The molecule has 0 fully saturated rings. The fourth-order valence-electron chi connectivity index (χ4n) is 1.31. The first-order chi connectivity index (χ1) is 8.15. The van der Waals surface area contributed by atoms with E-state index >= 15 is 0 Å². The number of carbonyl (C=O) groups excluding carboxylic acids is 1. The fraction of sp³-hybridized carbons (Fsp3) is 0.636. The molecule has 5 nitrogen and oxygen atoms in total. The predicted molar refractivity (Wildman–Crippen MR) is 66.9 cm³/mol. The Morgan fingerprint density at radius 1 is 1.53 bits per heavy atom. The van der Waals surface area contributed by atoms with Gasteiger partial charge in [0.15, 0.2) is 0 Å². The highest BCUT2D eigenvalue weighted by Crippen LogP contribution is 2.19. The van der Waals surface area contributed by atoms with Crippen LogP contribution in [0.25, 0.3) is 0 Å². The summed E-state index contributed by atoms with van der Waals surface area (Å²) in [6.07, 6.45) is 0.597. The third-order valence-corrected chi connectivity index (χ3v) is 3.28. The SMILES string of the molecule is Cc1noc(C)c1CSCC(=O)NCCCO. The minimum absolute atomic E-state index is 0.00443. The molecule has 1 aromatic heterocycles. The molecule has 0 aliphatic heterocycles. The molecule has 0 aromatic carbocycles. The molecule has 6 heteroatoms. The van der Waals surface area contributed by atoms with E-state index in [4.69, 9.17) is 9.63 Å². The highest BCUT2D eigenvalue weighted by atomic mass is 32.2. The maximum atomic E-state index is 11.4. The molecule has 17 heavy (non-hydrogen) atoms. The van der Waals surface area contributed by atoms with Crippen LogP contribution < -0.4 is 5.32 Å². The van der Waals surface area contributed by atoms with Gasteiger partial charge in [-0.2, -0.15) is 0 Å². The molecule has 0 unspecified atom stereocenters. The molecule has 0 bridgehead atoms. The van der Waals surface area contributed by atoms with Gasteiger partial charge < -0.3 is 14.9 Å². The summed E-state index contributed by atoms with van der Waals surface area (Å²) < 4.78 is 5.04. The quantitative estimate of drug-likeness (QED) is 0.714. The zero-order chi connectivity index (χ0) is 12.7. The molecule has 2 N–H and O–H groups in total. The van der Waals surface area contributed by atoms with E-state index in [9.17, 15) is 4.79 Å². The van der Waals surface area contributed by atoms with E-state index in [-0.39, 0.29) is 12.5 Å². The van der Waals surface area contributed by atoms with Crippen LogP contribution >= 0.6 is 11.8 Å². The first-order valence-electron chi connectivity index (χ1n) is 5.52. The minimum atomic E-state index is -0.00443. The standard InChI is InChI=1S/C11H18N2O3S/c1-8-10(9(2)16-13-8)6-17-7-11(15)12-4-3-5-14/h14H,3-7H2,1-2H3,(H,12,15). The number of aryl methyl sites for hydroxylation is 2. The summed E-state index contributed by atoms with van der Waals surface area (Å²) in [7, 11) is 0. The van der Waals surface area contributed by atoms with Crippen LogP contribution in [-0.2, 0) is 10.5 Å². The van der Waals surface area contributed by atoms with Gasteiger partial charge in [-0.05, 0) is 20.3 Å². The Kier molecular flexibility index (Phi) is 6.07. The molecule has 0 aliphatic carbocycles. The lowest BCUT2D eigenvalue weighted by molar-refractivity contribution is -0.118. The molecule has 1 rings (SSSR count). The van der Waals surface area contributed by atoms with Gasteiger partial charge in [0, 0.05) is 24.5 Å². The lowest BCUT2D eigenvalue weighted by Crippen LogP contribution is -2.26. The van der Waals surface area contributed by atoms with E-state index < -0.39 is 0 Å². The van der Waals surface area contributed by atoms with Crippen LogP contribution in [0, 0.1) is 13.8 Å². The van der Waals surface area contributed by atoms with Crippen LogP contribution in [0.3, 0.4) is 0 Å². The largest absolute Gasteiger partial charge is 0.396 e. The van der Waals surface area contributed by atoms with Crippen molar-refractivity contribution in [2.45, 2.75) is 26.0 Å². The fourth-order valence-corrected chi connectivity index (χ4v) is 2.32. The summed E-state index contributed by atoms with van der Waals surface area (Å²) >= 11 is 1.53. The Bertz CT molecular complexity index is 346. The van der Waals surface area contributed by atoms with Crippen molar-refractivity contribution in [2.24, 2.45) is 0 Å². The lowest BCUT2D eigenvalue weighted by atomic mass is 10.2. The van der Waals surface area contributed by atoms with Gasteiger partial charge >= 0.3 is 0 Å². The first kappa shape index (κ1) is 14.1. The molecule has 0 radical (unpaired) electrons. The number of nitrogens with zero attached hydrogens (tertiary/aromatic N) is 1. The van der Waals surface area contributed by atoms with Gasteiger partial charge in [0.25, 0.3) is 0 Å². The Labute approximate surface area is 105 Å². The van der Waals surface area contributed by atoms with E-state index in [0.29, 0.717) is 18.7 Å². The zero-order valence-electron chi connectivity index (χ0n) is 10.2. The van der Waals surface area contributed by atoms with Crippen LogP contribution in [0.2, 0.25) is 0 Å². The molecule has 1 amide bonds. The van der Waals surface area contributed by atoms with Gasteiger partial charge in [-0.25, -0.2) is 0 Å². The number of rotatable bonds is 7. The van der Waals surface area contributed by atoms with Gasteiger partial charge in [-0.3, -0.25) is 4.79 Å². The van der Waals surface area contributed by atoms with Crippen LogP contribution in [0.5, 0.6) is 0 Å². The average molecular weight is 258 g/mol. The number of aliphatic hydroxyl groups is 1. The van der Waals surface area contributed by atoms with Crippen LogP contribution in [0.1, 0.15) is 23.4 Å². The predicted octanol–water partition coefficient (Wildman–Crippen LogP) is 1.02. The Balaban J connectivity index is 2.21. The Morgan fingerprint density at radius 2 is 2.29 bits per heavy atom. The van der Waals surface area contributed by atoms with Crippen molar-refractivity contribution < 1.29 is 14.4 Å². The zero-order valence-corrected chi connectivity index (χ0v) is 11.0. The van der Waals surface area contributed by atoms with E-state index in [1.165, 1.54) is 11.8 Å². The molecule has 0 atom stereocenters. The molecule has 96 valence electrons. The summed E-state index contributed by atoms with van der Waals surface area (Å²) in [5, 5.41) is 15.2. The smallest absolute Gasteiger partial charge is 0.230 e. The number of thioether (sulfide) groups is 1. The number of aliphatic hydroxyl groups excluding tert-OH is 1. The van der Waals surface area contributed by atoms with Gasteiger partial charge in [0.05, 0.1) is 11.4 Å². The summed E-state index contributed by atoms with van der Waals surface area (Å²) in [5.74, 6) is 1.95. The molecule has 0 spiro atoms. The number of carbonyl (C=O) groups is 1. The third kappa shape index (κ3) is 4.79. The number of hydrogen-bond acceptors (Lipinski definition) is 5. The second kappa shape index (κ2) is 7.34. The molecule has 0 aliphatic rings. The number of nitrogens with one attached hydrogen (secondary N) is 1. The molecular weight excluding hydrogens is 240 g/mol. The maximum absolute atomic E-state index is 11.4. The van der Waals surface area contributed by atoms with Crippen LogP contribution in [0.15, 0.2) is 4.52 Å². The van der Waals surface area contributed by atoms with Crippen molar-refractivity contribution in [3.8, 4) is 0 Å². The third-order valence-electron chi connectivity index (χ3n) is 2.32. The van der Waals surface area contributed by atoms with Gasteiger partial charge in [0.1, 0.15) is 5.76 Å². The highest BCUT2D eigenvalue weighted by Gasteiger charge is 2.09. The summed E-state index contributed by atoms with van der Waals surface area (Å²) in [6.45, 7) is 4.40. The van der Waals surface area contributed by atoms with Crippen molar-refractivity contribution in [1.82, 2.24) is 10.5 Å². The van der Waals surface area contributed by atoms with Gasteiger partial charge in [0.2, 0.25) is 5.91 Å². The van der Waals surface area contributed by atoms with Crippen molar-refractivity contribution in [1.29, 1.82) is 0 Å². The van der Waals surface area contributed by atoms with Crippen LogP contribution in [0.4, 0.5) is 0 Å². The lowest BCUT2D eigenvalue weighted by Gasteiger charge is -2.03. The van der Waals surface area contributed by atoms with Gasteiger partial charge in [-0.15, -0.1) is 11.8 Å². The number of amides is 1. The molecular formula is C11H18N2O3S. The van der Waals surface area contributed by atoms with Crippen molar-refractivity contribution in [3.63, 3.8) is 0 Å². The van der Waals surface area contributed by atoms with Crippen molar-refractivity contribution in [2.75, 3.05) is 18.9 Å². The average Bonchev–Trinajstić information content (AvgIpc) is 2.61. The normalized spacial score (nSPS) is 10.5.